The van der Waals surface area contributed by atoms with Gasteiger partial charge >= 0.3 is 0 Å². The Balaban J connectivity index is 2.82. The Kier molecular flexibility index (Phi) is 9.86. The van der Waals surface area contributed by atoms with Crippen molar-refractivity contribution >= 4 is 8.58 Å². The zero-order chi connectivity index (χ0) is 9.23. The molecule has 12 heavy (non-hydrogen) atoms. The Morgan fingerprint density at radius 2 is 1.75 bits per heavy atom. The van der Waals surface area contributed by atoms with E-state index in [1.54, 1.807) is 0 Å². The van der Waals surface area contributed by atoms with Crippen LogP contribution in [0.25, 0.3) is 0 Å². The molecule has 0 amide bonds. The van der Waals surface area contributed by atoms with E-state index < -0.39 is 0 Å². The average molecular weight is 188 g/mol. The summed E-state index contributed by atoms with van der Waals surface area (Å²) in [7, 11) is 1.24. The molecule has 0 aromatic heterocycles. The largest absolute Gasteiger partial charge is 0.122 e. The van der Waals surface area contributed by atoms with E-state index in [0.717, 1.165) is 5.92 Å². The Morgan fingerprint density at radius 1 is 1.00 bits per heavy atom. The first-order valence-electron chi connectivity index (χ1n) is 5.48. The van der Waals surface area contributed by atoms with E-state index in [4.69, 9.17) is 0 Å². The molecule has 0 aromatic rings. The monoisotopic (exact) mass is 188 g/mol. The summed E-state index contributed by atoms with van der Waals surface area (Å²) in [6, 6.07) is 0. The molecular weight excluding hydrogens is 163 g/mol. The number of hydrogen-bond acceptors (Lipinski definition) is 0. The highest BCUT2D eigenvalue weighted by molar-refractivity contribution is 7.37. The van der Waals surface area contributed by atoms with Gasteiger partial charge in [-0.2, -0.15) is 0 Å². The highest BCUT2D eigenvalue weighted by atomic mass is 31.1. The minimum absolute atomic E-state index is 0.910. The van der Waals surface area contributed by atoms with E-state index in [1.807, 2.05) is 0 Å². The number of hydrogen-bond donors (Lipinski definition) is 0. The van der Waals surface area contributed by atoms with E-state index in [0.29, 0.717) is 0 Å². The number of rotatable bonds is 8. The van der Waals surface area contributed by atoms with E-state index in [-0.39, 0.29) is 0 Å². The molecule has 0 aliphatic rings. The molecule has 0 saturated heterocycles. The van der Waals surface area contributed by atoms with Crippen molar-refractivity contribution < 1.29 is 0 Å². The predicted octanol–water partition coefficient (Wildman–Crippen LogP) is 4.29. The Morgan fingerprint density at radius 3 is 2.33 bits per heavy atom. The maximum Gasteiger partial charge on any atom is -0.0351 e. The van der Waals surface area contributed by atoms with E-state index in [1.165, 1.54) is 53.0 Å². The van der Waals surface area contributed by atoms with Gasteiger partial charge in [0.1, 0.15) is 0 Å². The average Bonchev–Trinajstić information content (AvgIpc) is 2.02. The fourth-order valence-electron chi connectivity index (χ4n) is 1.19. The molecule has 0 fully saturated rings. The van der Waals surface area contributed by atoms with Crippen LogP contribution in [-0.2, 0) is 0 Å². The first-order chi connectivity index (χ1) is 5.77. The quantitative estimate of drug-likeness (QED) is 0.393. The summed E-state index contributed by atoms with van der Waals surface area (Å²) in [6.07, 6.45) is 10.2. The summed E-state index contributed by atoms with van der Waals surface area (Å²) in [6.45, 7) is 6.92. The van der Waals surface area contributed by atoms with E-state index in [2.05, 4.69) is 20.8 Å². The smallest absolute Gasteiger partial charge is 0.0351 e. The highest BCUT2D eigenvalue weighted by Gasteiger charge is 1.93. The summed E-state index contributed by atoms with van der Waals surface area (Å²) in [4.78, 5) is 0. The third-order valence-electron chi connectivity index (χ3n) is 2.11. The first-order valence-corrected chi connectivity index (χ1v) is 6.89. The van der Waals surface area contributed by atoms with Crippen LogP contribution < -0.4 is 0 Å². The van der Waals surface area contributed by atoms with Gasteiger partial charge in [-0.05, 0) is 31.1 Å². The van der Waals surface area contributed by atoms with Crippen LogP contribution in [0.4, 0.5) is 0 Å². The molecule has 0 aromatic carbocycles. The molecule has 1 atom stereocenters. The van der Waals surface area contributed by atoms with Crippen LogP contribution in [0.3, 0.4) is 0 Å². The summed E-state index contributed by atoms with van der Waals surface area (Å²) < 4.78 is 0. The lowest BCUT2D eigenvalue weighted by Gasteiger charge is -2.04. The standard InChI is InChI=1S/C11H25P/c1-4-5-6-7-9-12-10-8-11(2)3/h11-12H,4-10H2,1-3H3. The van der Waals surface area contributed by atoms with Crippen LogP contribution in [0.15, 0.2) is 0 Å². The zero-order valence-electron chi connectivity index (χ0n) is 9.03. The van der Waals surface area contributed by atoms with Gasteiger partial charge in [-0.15, -0.1) is 8.58 Å². The maximum absolute atomic E-state index is 2.32. The Labute approximate surface area is 80.3 Å². The normalized spacial score (nSPS) is 12.0. The molecule has 0 radical (unpaired) electrons. The molecule has 0 saturated carbocycles. The van der Waals surface area contributed by atoms with Gasteiger partial charge in [0.25, 0.3) is 0 Å². The van der Waals surface area contributed by atoms with Crippen LogP contribution in [-0.4, -0.2) is 12.3 Å². The van der Waals surface area contributed by atoms with Gasteiger partial charge in [-0.25, -0.2) is 0 Å². The van der Waals surface area contributed by atoms with Crippen LogP contribution in [0.5, 0.6) is 0 Å². The minimum atomic E-state index is 0.910. The lowest BCUT2D eigenvalue weighted by atomic mass is 10.2. The summed E-state index contributed by atoms with van der Waals surface area (Å²) in [5, 5.41) is 0. The third-order valence-corrected chi connectivity index (χ3v) is 3.45. The first kappa shape index (κ1) is 12.4. The maximum atomic E-state index is 2.32. The van der Waals surface area contributed by atoms with Crippen molar-refractivity contribution in [1.82, 2.24) is 0 Å². The van der Waals surface area contributed by atoms with Crippen LogP contribution >= 0.6 is 8.58 Å². The molecule has 74 valence electrons. The molecule has 0 bridgehead atoms. The van der Waals surface area contributed by atoms with Gasteiger partial charge in [-0.1, -0.05) is 40.0 Å². The van der Waals surface area contributed by atoms with Gasteiger partial charge in [0.05, 0.1) is 0 Å². The lowest BCUT2D eigenvalue weighted by molar-refractivity contribution is 0.630. The van der Waals surface area contributed by atoms with Gasteiger partial charge in [0.15, 0.2) is 0 Å². The Hall–Kier alpha value is 0.430. The van der Waals surface area contributed by atoms with Crippen molar-refractivity contribution in [2.75, 3.05) is 12.3 Å². The van der Waals surface area contributed by atoms with Crippen molar-refractivity contribution in [2.45, 2.75) is 52.9 Å². The molecule has 0 N–H and O–H groups in total. The van der Waals surface area contributed by atoms with E-state index in [9.17, 15) is 0 Å². The third kappa shape index (κ3) is 10.4. The van der Waals surface area contributed by atoms with Crippen LogP contribution in [0, 0.1) is 5.92 Å². The van der Waals surface area contributed by atoms with E-state index >= 15 is 0 Å². The van der Waals surface area contributed by atoms with Crippen molar-refractivity contribution in [2.24, 2.45) is 5.92 Å². The van der Waals surface area contributed by atoms with Crippen molar-refractivity contribution in [3.8, 4) is 0 Å². The lowest BCUT2D eigenvalue weighted by Crippen LogP contribution is -1.89. The molecule has 0 heterocycles. The molecule has 0 nitrogen and oxygen atoms in total. The predicted molar refractivity (Wildman–Crippen MR) is 61.6 cm³/mol. The molecule has 1 heteroatoms. The summed E-state index contributed by atoms with van der Waals surface area (Å²) >= 11 is 0. The minimum Gasteiger partial charge on any atom is -0.122 e. The van der Waals surface area contributed by atoms with Crippen molar-refractivity contribution in [3.05, 3.63) is 0 Å². The fraction of sp³-hybridized carbons (Fsp3) is 1.00. The number of unbranched alkanes of at least 4 members (excludes halogenated alkanes) is 3. The second kappa shape index (κ2) is 9.52. The second-order valence-corrected chi connectivity index (χ2v) is 5.49. The highest BCUT2D eigenvalue weighted by Crippen LogP contribution is 2.17. The van der Waals surface area contributed by atoms with Crippen LogP contribution in [0.1, 0.15) is 52.9 Å². The SMILES string of the molecule is CCCCCCPCCC(C)C. The summed E-state index contributed by atoms with van der Waals surface area (Å²) in [5.41, 5.74) is 0. The topological polar surface area (TPSA) is 0 Å². The second-order valence-electron chi connectivity index (χ2n) is 3.99. The fourth-order valence-corrected chi connectivity index (χ4v) is 2.72. The molecular formula is C11H25P. The van der Waals surface area contributed by atoms with Crippen molar-refractivity contribution in [3.63, 3.8) is 0 Å². The molecule has 1 unspecified atom stereocenters. The molecule has 0 aliphatic carbocycles. The zero-order valence-corrected chi connectivity index (χ0v) is 10.0. The molecule has 0 spiro atoms. The summed E-state index contributed by atoms with van der Waals surface area (Å²) in [5.74, 6) is 0.910. The van der Waals surface area contributed by atoms with Crippen LogP contribution in [0.2, 0.25) is 0 Å². The molecule has 0 rings (SSSR count). The van der Waals surface area contributed by atoms with Gasteiger partial charge in [-0.3, -0.25) is 0 Å². The van der Waals surface area contributed by atoms with Gasteiger partial charge < -0.3 is 0 Å². The Bertz CT molecular complexity index is 79.1. The molecule has 0 aliphatic heterocycles. The van der Waals surface area contributed by atoms with Gasteiger partial charge in [0.2, 0.25) is 0 Å². The van der Waals surface area contributed by atoms with Crippen molar-refractivity contribution in [1.29, 1.82) is 0 Å². The van der Waals surface area contributed by atoms with Gasteiger partial charge in [0, 0.05) is 0 Å².